The van der Waals surface area contributed by atoms with E-state index in [4.69, 9.17) is 4.74 Å². The van der Waals surface area contributed by atoms with Crippen LogP contribution >= 0.6 is 15.9 Å². The Bertz CT molecular complexity index is 798. The number of fused-ring (bicyclic) bond motifs is 1. The molecular formula is C14H13BrO5S. The highest BCUT2D eigenvalue weighted by molar-refractivity contribution is 9.10. The molecule has 1 N–H and O–H groups in total. The van der Waals surface area contributed by atoms with E-state index in [1.807, 2.05) is 0 Å². The van der Waals surface area contributed by atoms with Crippen molar-refractivity contribution in [2.75, 3.05) is 6.61 Å². The molecule has 5 nitrogen and oxygen atoms in total. The Labute approximate surface area is 130 Å². The van der Waals surface area contributed by atoms with Gasteiger partial charge in [0.2, 0.25) is 0 Å². The molecule has 0 aromatic heterocycles. The molecule has 0 spiro atoms. The number of halogens is 1. The lowest BCUT2D eigenvalue weighted by Gasteiger charge is -2.11. The number of rotatable bonds is 4. The third-order valence-electron chi connectivity index (χ3n) is 2.97. The molecular weight excluding hydrogens is 360 g/mol. The molecule has 0 amide bonds. The van der Waals surface area contributed by atoms with Crippen LogP contribution in [0.5, 0.6) is 0 Å². The lowest BCUT2D eigenvalue weighted by atomic mass is 10.1. The maximum absolute atomic E-state index is 11.5. The number of hydrogen-bond donors (Lipinski definition) is 1. The fourth-order valence-electron chi connectivity index (χ4n) is 2.06. The Hall–Kier alpha value is -1.44. The van der Waals surface area contributed by atoms with Crippen molar-refractivity contribution in [3.05, 3.63) is 40.4 Å². The Morgan fingerprint density at radius 2 is 1.90 bits per heavy atom. The van der Waals surface area contributed by atoms with Gasteiger partial charge in [-0.2, -0.15) is 8.42 Å². The highest BCUT2D eigenvalue weighted by atomic mass is 79.9. The Morgan fingerprint density at radius 1 is 1.29 bits per heavy atom. The van der Waals surface area contributed by atoms with Gasteiger partial charge in [0.1, 0.15) is 4.90 Å². The molecule has 0 aliphatic carbocycles. The number of ether oxygens (including phenoxy) is 1. The van der Waals surface area contributed by atoms with Gasteiger partial charge < -0.3 is 4.74 Å². The number of carbonyl (C=O) groups excluding carboxylic acids is 1. The van der Waals surface area contributed by atoms with Crippen molar-refractivity contribution in [1.29, 1.82) is 0 Å². The normalized spacial score (nSPS) is 11.6. The van der Waals surface area contributed by atoms with Gasteiger partial charge in [-0.1, -0.05) is 24.3 Å². The summed E-state index contributed by atoms with van der Waals surface area (Å²) in [5.41, 5.74) is 0.641. The van der Waals surface area contributed by atoms with E-state index in [0.29, 0.717) is 22.8 Å². The van der Waals surface area contributed by atoms with Gasteiger partial charge in [-0.25, -0.2) is 0 Å². The standard InChI is InChI=1S/C14H13BrO5S/c1-9(16)20-7-6-10-8-13(21(17,18)19)11-4-2-3-5-12(11)14(10)15/h2-5,8H,6-7H2,1H3,(H,17,18,19). The van der Waals surface area contributed by atoms with Crippen molar-refractivity contribution in [3.63, 3.8) is 0 Å². The number of hydrogen-bond acceptors (Lipinski definition) is 4. The van der Waals surface area contributed by atoms with Crippen molar-refractivity contribution in [2.24, 2.45) is 0 Å². The molecule has 2 aromatic rings. The topological polar surface area (TPSA) is 80.7 Å². The predicted octanol–water partition coefficient (Wildman–Crippen LogP) is 2.95. The number of carbonyl (C=O) groups is 1. The SMILES string of the molecule is CC(=O)OCCc1cc(S(=O)(=O)O)c2ccccc2c1Br. The van der Waals surface area contributed by atoms with Crippen LogP contribution in [0.2, 0.25) is 0 Å². The van der Waals surface area contributed by atoms with Gasteiger partial charge in [-0.05, 0) is 32.9 Å². The van der Waals surface area contributed by atoms with Gasteiger partial charge in [0.15, 0.2) is 0 Å². The zero-order chi connectivity index (χ0) is 15.6. The summed E-state index contributed by atoms with van der Waals surface area (Å²) in [6, 6.07) is 8.24. The van der Waals surface area contributed by atoms with Gasteiger partial charge in [-0.15, -0.1) is 0 Å². The van der Waals surface area contributed by atoms with Crippen LogP contribution in [0.25, 0.3) is 10.8 Å². The zero-order valence-corrected chi connectivity index (χ0v) is 13.6. The minimum Gasteiger partial charge on any atom is -0.466 e. The highest BCUT2D eigenvalue weighted by Crippen LogP contribution is 2.33. The summed E-state index contributed by atoms with van der Waals surface area (Å²) in [5, 5.41) is 1.11. The Morgan fingerprint density at radius 3 is 2.48 bits per heavy atom. The third kappa shape index (κ3) is 3.61. The van der Waals surface area contributed by atoms with Crippen LogP contribution in [0.3, 0.4) is 0 Å². The van der Waals surface area contributed by atoms with Crippen LogP contribution in [-0.4, -0.2) is 25.5 Å². The van der Waals surface area contributed by atoms with E-state index in [-0.39, 0.29) is 11.5 Å². The van der Waals surface area contributed by atoms with Gasteiger partial charge in [-0.3, -0.25) is 9.35 Å². The Balaban J connectivity index is 2.57. The molecule has 0 fully saturated rings. The molecule has 0 heterocycles. The second kappa shape index (κ2) is 6.13. The molecule has 0 unspecified atom stereocenters. The van der Waals surface area contributed by atoms with Gasteiger partial charge >= 0.3 is 5.97 Å². The molecule has 0 saturated heterocycles. The molecule has 7 heteroatoms. The summed E-state index contributed by atoms with van der Waals surface area (Å²) >= 11 is 3.43. The average Bonchev–Trinajstić information content (AvgIpc) is 2.40. The first-order chi connectivity index (χ1) is 9.80. The quantitative estimate of drug-likeness (QED) is 0.658. The fourth-order valence-corrected chi connectivity index (χ4v) is 3.47. The minimum absolute atomic E-state index is 0.136. The molecule has 21 heavy (non-hydrogen) atoms. The fraction of sp³-hybridized carbons (Fsp3) is 0.214. The summed E-state index contributed by atoms with van der Waals surface area (Å²) in [6.07, 6.45) is 0.341. The van der Waals surface area contributed by atoms with Crippen LogP contribution in [0, 0.1) is 0 Å². The molecule has 112 valence electrons. The molecule has 2 rings (SSSR count). The van der Waals surface area contributed by atoms with Gasteiger partial charge in [0.25, 0.3) is 10.1 Å². The van der Waals surface area contributed by atoms with Gasteiger partial charge in [0.05, 0.1) is 6.61 Å². The van der Waals surface area contributed by atoms with Crippen molar-refractivity contribution < 1.29 is 22.5 Å². The first-order valence-corrected chi connectivity index (χ1v) is 8.35. The zero-order valence-electron chi connectivity index (χ0n) is 11.2. The molecule has 0 saturated carbocycles. The average molecular weight is 373 g/mol. The van der Waals surface area contributed by atoms with Crippen molar-refractivity contribution >= 4 is 42.8 Å². The highest BCUT2D eigenvalue weighted by Gasteiger charge is 2.18. The molecule has 2 aromatic carbocycles. The van der Waals surface area contributed by atoms with Gasteiger partial charge in [0, 0.05) is 23.2 Å². The van der Waals surface area contributed by atoms with Crippen LogP contribution in [0.1, 0.15) is 12.5 Å². The Kier molecular flexibility index (Phi) is 4.65. The first kappa shape index (κ1) is 15.9. The summed E-state index contributed by atoms with van der Waals surface area (Å²) in [4.78, 5) is 10.6. The van der Waals surface area contributed by atoms with Crippen LogP contribution in [-0.2, 0) is 26.1 Å². The lowest BCUT2D eigenvalue weighted by Crippen LogP contribution is -2.06. The van der Waals surface area contributed by atoms with E-state index < -0.39 is 16.1 Å². The second-order valence-corrected chi connectivity index (χ2v) is 6.64. The van der Waals surface area contributed by atoms with E-state index >= 15 is 0 Å². The molecule has 0 bridgehead atoms. The maximum atomic E-state index is 11.5. The van der Waals surface area contributed by atoms with E-state index in [2.05, 4.69) is 15.9 Å². The number of esters is 1. The van der Waals surface area contributed by atoms with Crippen LogP contribution in [0.4, 0.5) is 0 Å². The van der Waals surface area contributed by atoms with Crippen molar-refractivity contribution in [3.8, 4) is 0 Å². The second-order valence-electron chi connectivity index (χ2n) is 4.46. The molecule has 0 radical (unpaired) electrons. The van der Waals surface area contributed by atoms with Crippen molar-refractivity contribution in [2.45, 2.75) is 18.2 Å². The van der Waals surface area contributed by atoms with E-state index in [1.165, 1.54) is 13.0 Å². The van der Waals surface area contributed by atoms with E-state index in [1.54, 1.807) is 24.3 Å². The summed E-state index contributed by atoms with van der Waals surface area (Å²) in [5.74, 6) is -0.401. The lowest BCUT2D eigenvalue weighted by molar-refractivity contribution is -0.140. The largest absolute Gasteiger partial charge is 0.466 e. The van der Waals surface area contributed by atoms with E-state index in [0.717, 1.165) is 4.47 Å². The smallest absolute Gasteiger partial charge is 0.302 e. The minimum atomic E-state index is -4.34. The summed E-state index contributed by atoms with van der Waals surface area (Å²) in [7, 11) is -4.34. The van der Waals surface area contributed by atoms with Crippen LogP contribution in [0.15, 0.2) is 39.7 Å². The van der Waals surface area contributed by atoms with Crippen molar-refractivity contribution in [1.82, 2.24) is 0 Å². The third-order valence-corrected chi connectivity index (χ3v) is 4.80. The molecule has 0 aliphatic rings. The monoisotopic (exact) mass is 372 g/mol. The van der Waals surface area contributed by atoms with E-state index in [9.17, 15) is 17.8 Å². The number of benzene rings is 2. The molecule has 0 atom stereocenters. The summed E-state index contributed by atoms with van der Waals surface area (Å²) in [6.45, 7) is 1.44. The van der Waals surface area contributed by atoms with Crippen LogP contribution < -0.4 is 0 Å². The summed E-state index contributed by atoms with van der Waals surface area (Å²) < 4.78 is 38.1. The predicted molar refractivity (Wildman–Crippen MR) is 81.8 cm³/mol. The maximum Gasteiger partial charge on any atom is 0.302 e. The first-order valence-electron chi connectivity index (χ1n) is 6.11. The molecule has 0 aliphatic heterocycles.